The standard InChI is InChI=1S/C15H26N2O/c1-12(9-16-15(3,4)5)10-17(6)11-14-7-8-18-13(14)2/h7-8,16H,1,9-11H2,2-6H3. The summed E-state index contributed by atoms with van der Waals surface area (Å²) >= 11 is 0. The lowest BCUT2D eigenvalue weighted by Gasteiger charge is -2.23. The zero-order chi connectivity index (χ0) is 13.8. The summed E-state index contributed by atoms with van der Waals surface area (Å²) in [5, 5.41) is 3.45. The Hall–Kier alpha value is -1.06. The van der Waals surface area contributed by atoms with Crippen LogP contribution in [0.4, 0.5) is 0 Å². The third-order valence-electron chi connectivity index (χ3n) is 2.77. The fraction of sp³-hybridized carbons (Fsp3) is 0.600. The molecule has 3 heteroatoms. The molecule has 1 aromatic rings. The molecular weight excluding hydrogens is 224 g/mol. The van der Waals surface area contributed by atoms with Gasteiger partial charge in [0.05, 0.1) is 6.26 Å². The summed E-state index contributed by atoms with van der Waals surface area (Å²) < 4.78 is 5.30. The quantitative estimate of drug-likeness (QED) is 0.787. The van der Waals surface area contributed by atoms with Crippen molar-refractivity contribution in [1.29, 1.82) is 0 Å². The molecule has 0 saturated heterocycles. The Balaban J connectivity index is 2.34. The van der Waals surface area contributed by atoms with Crippen LogP contribution in [-0.4, -0.2) is 30.6 Å². The van der Waals surface area contributed by atoms with Gasteiger partial charge in [0.25, 0.3) is 0 Å². The average molecular weight is 250 g/mol. The van der Waals surface area contributed by atoms with Gasteiger partial charge in [0.2, 0.25) is 0 Å². The van der Waals surface area contributed by atoms with Gasteiger partial charge in [0.1, 0.15) is 5.76 Å². The van der Waals surface area contributed by atoms with Crippen LogP contribution in [0.3, 0.4) is 0 Å². The average Bonchev–Trinajstić information content (AvgIpc) is 2.60. The molecule has 0 aliphatic rings. The number of hydrogen-bond acceptors (Lipinski definition) is 3. The minimum Gasteiger partial charge on any atom is -0.469 e. The second-order valence-corrected chi connectivity index (χ2v) is 6.03. The lowest BCUT2D eigenvalue weighted by Crippen LogP contribution is -2.38. The number of nitrogens with zero attached hydrogens (tertiary/aromatic N) is 1. The van der Waals surface area contributed by atoms with E-state index in [-0.39, 0.29) is 5.54 Å². The van der Waals surface area contributed by atoms with Crippen molar-refractivity contribution in [3.63, 3.8) is 0 Å². The molecule has 1 N–H and O–H groups in total. The van der Waals surface area contributed by atoms with Crippen molar-refractivity contribution in [2.45, 2.75) is 39.8 Å². The molecule has 0 aliphatic heterocycles. The van der Waals surface area contributed by atoms with E-state index >= 15 is 0 Å². The van der Waals surface area contributed by atoms with Crippen molar-refractivity contribution in [1.82, 2.24) is 10.2 Å². The molecule has 0 amide bonds. The molecular formula is C15H26N2O. The topological polar surface area (TPSA) is 28.4 Å². The van der Waals surface area contributed by atoms with Crippen molar-refractivity contribution in [3.05, 3.63) is 35.8 Å². The van der Waals surface area contributed by atoms with E-state index in [4.69, 9.17) is 4.42 Å². The first-order valence-electron chi connectivity index (χ1n) is 6.41. The van der Waals surface area contributed by atoms with E-state index in [1.54, 1.807) is 6.26 Å². The smallest absolute Gasteiger partial charge is 0.105 e. The van der Waals surface area contributed by atoms with Crippen LogP contribution in [-0.2, 0) is 6.54 Å². The predicted molar refractivity (Wildman–Crippen MR) is 76.7 cm³/mol. The highest BCUT2D eigenvalue weighted by Gasteiger charge is 2.10. The van der Waals surface area contributed by atoms with E-state index in [2.05, 4.69) is 44.6 Å². The molecule has 0 atom stereocenters. The van der Waals surface area contributed by atoms with Crippen LogP contribution in [0.5, 0.6) is 0 Å². The second kappa shape index (κ2) is 6.21. The molecule has 3 nitrogen and oxygen atoms in total. The largest absolute Gasteiger partial charge is 0.469 e. The molecule has 0 saturated carbocycles. The Bertz CT molecular complexity index is 387. The Morgan fingerprint density at radius 1 is 1.44 bits per heavy atom. The molecule has 18 heavy (non-hydrogen) atoms. The van der Waals surface area contributed by atoms with Gasteiger partial charge in [-0.3, -0.25) is 4.90 Å². The number of aryl methyl sites for hydroxylation is 1. The van der Waals surface area contributed by atoms with Crippen LogP contribution >= 0.6 is 0 Å². The van der Waals surface area contributed by atoms with Crippen molar-refractivity contribution in [2.24, 2.45) is 0 Å². The number of hydrogen-bond donors (Lipinski definition) is 1. The maximum Gasteiger partial charge on any atom is 0.105 e. The van der Waals surface area contributed by atoms with Crippen LogP contribution in [0.1, 0.15) is 32.1 Å². The van der Waals surface area contributed by atoms with E-state index in [9.17, 15) is 0 Å². The highest BCUT2D eigenvalue weighted by atomic mass is 16.3. The number of furan rings is 1. The van der Waals surface area contributed by atoms with E-state index in [1.807, 2.05) is 13.0 Å². The van der Waals surface area contributed by atoms with Gasteiger partial charge in [-0.25, -0.2) is 0 Å². The normalized spacial score (nSPS) is 12.1. The molecule has 0 aliphatic carbocycles. The summed E-state index contributed by atoms with van der Waals surface area (Å²) in [6.45, 7) is 15.3. The summed E-state index contributed by atoms with van der Waals surface area (Å²) in [5.41, 5.74) is 2.59. The first kappa shape index (κ1) is 15.0. The van der Waals surface area contributed by atoms with E-state index in [0.717, 1.165) is 25.4 Å². The number of rotatable bonds is 6. The van der Waals surface area contributed by atoms with Crippen molar-refractivity contribution in [3.8, 4) is 0 Å². The van der Waals surface area contributed by atoms with Crippen LogP contribution in [0.25, 0.3) is 0 Å². The molecule has 0 radical (unpaired) electrons. The molecule has 0 fully saturated rings. The molecule has 0 spiro atoms. The highest BCUT2D eigenvalue weighted by molar-refractivity contribution is 5.15. The fourth-order valence-electron chi connectivity index (χ4n) is 1.75. The monoisotopic (exact) mass is 250 g/mol. The summed E-state index contributed by atoms with van der Waals surface area (Å²) in [4.78, 5) is 2.25. The lowest BCUT2D eigenvalue weighted by atomic mass is 10.1. The Labute approximate surface area is 111 Å². The summed E-state index contributed by atoms with van der Waals surface area (Å²) in [5.74, 6) is 1.00. The maximum atomic E-state index is 5.30. The number of nitrogens with one attached hydrogen (secondary N) is 1. The molecule has 1 aromatic heterocycles. The van der Waals surface area contributed by atoms with Gasteiger partial charge < -0.3 is 9.73 Å². The van der Waals surface area contributed by atoms with E-state index in [1.165, 1.54) is 11.1 Å². The molecule has 0 aromatic carbocycles. The highest BCUT2D eigenvalue weighted by Crippen LogP contribution is 2.11. The third kappa shape index (κ3) is 5.52. The Morgan fingerprint density at radius 2 is 2.11 bits per heavy atom. The summed E-state index contributed by atoms with van der Waals surface area (Å²) in [6, 6.07) is 2.03. The van der Waals surface area contributed by atoms with Crippen molar-refractivity contribution < 1.29 is 4.42 Å². The minimum absolute atomic E-state index is 0.142. The molecule has 102 valence electrons. The van der Waals surface area contributed by atoms with Gasteiger partial charge in [0.15, 0.2) is 0 Å². The first-order chi connectivity index (χ1) is 8.28. The fourth-order valence-corrected chi connectivity index (χ4v) is 1.75. The molecule has 1 heterocycles. The van der Waals surface area contributed by atoms with Gasteiger partial charge in [-0.1, -0.05) is 6.58 Å². The Morgan fingerprint density at radius 3 is 2.61 bits per heavy atom. The van der Waals surface area contributed by atoms with E-state index < -0.39 is 0 Å². The minimum atomic E-state index is 0.142. The SMILES string of the molecule is C=C(CNC(C)(C)C)CN(C)Cc1ccoc1C. The molecule has 1 rings (SSSR count). The second-order valence-electron chi connectivity index (χ2n) is 6.03. The van der Waals surface area contributed by atoms with Crippen LogP contribution < -0.4 is 5.32 Å². The van der Waals surface area contributed by atoms with Crippen LogP contribution in [0.2, 0.25) is 0 Å². The maximum absolute atomic E-state index is 5.30. The predicted octanol–water partition coefficient (Wildman–Crippen LogP) is 2.96. The van der Waals surface area contributed by atoms with Gasteiger partial charge in [-0.05, 0) is 46.4 Å². The van der Waals surface area contributed by atoms with Gasteiger partial charge >= 0.3 is 0 Å². The Kier molecular flexibility index (Phi) is 5.17. The lowest BCUT2D eigenvalue weighted by molar-refractivity contribution is 0.343. The van der Waals surface area contributed by atoms with Crippen LogP contribution in [0.15, 0.2) is 28.9 Å². The zero-order valence-electron chi connectivity index (χ0n) is 12.3. The summed E-state index contributed by atoms with van der Waals surface area (Å²) in [7, 11) is 2.11. The number of likely N-dealkylation sites (N-methyl/N-ethyl adjacent to an activating group) is 1. The summed E-state index contributed by atoms with van der Waals surface area (Å²) in [6.07, 6.45) is 1.74. The third-order valence-corrected chi connectivity index (χ3v) is 2.77. The molecule has 0 bridgehead atoms. The van der Waals surface area contributed by atoms with Crippen molar-refractivity contribution >= 4 is 0 Å². The zero-order valence-corrected chi connectivity index (χ0v) is 12.3. The van der Waals surface area contributed by atoms with Gasteiger partial charge in [0, 0.05) is 30.7 Å². The first-order valence-corrected chi connectivity index (χ1v) is 6.41. The van der Waals surface area contributed by atoms with E-state index in [0.29, 0.717) is 0 Å². The molecule has 0 unspecified atom stereocenters. The van der Waals surface area contributed by atoms with Crippen LogP contribution in [0, 0.1) is 6.92 Å². The van der Waals surface area contributed by atoms with Gasteiger partial charge in [-0.15, -0.1) is 0 Å². The van der Waals surface area contributed by atoms with Crippen molar-refractivity contribution in [2.75, 3.05) is 20.1 Å². The van der Waals surface area contributed by atoms with Gasteiger partial charge in [-0.2, -0.15) is 0 Å².